The summed E-state index contributed by atoms with van der Waals surface area (Å²) in [6.07, 6.45) is 1.97. The molecule has 0 radical (unpaired) electrons. The van der Waals surface area contributed by atoms with Crippen LogP contribution in [0.1, 0.15) is 21.1 Å². The third kappa shape index (κ3) is 1.20. The van der Waals surface area contributed by atoms with Crippen LogP contribution in [-0.2, 0) is 0 Å². The van der Waals surface area contributed by atoms with Crippen molar-refractivity contribution in [3.63, 3.8) is 0 Å². The lowest BCUT2D eigenvalue weighted by atomic mass is 10.4. The summed E-state index contributed by atoms with van der Waals surface area (Å²) in [4.78, 5) is 28.2. The van der Waals surface area contributed by atoms with Crippen LogP contribution in [0.5, 0.6) is 0 Å². The van der Waals surface area contributed by atoms with E-state index in [1.54, 1.807) is 0 Å². The van der Waals surface area contributed by atoms with Crippen LogP contribution in [0.15, 0.2) is 12.3 Å². The zero-order valence-corrected chi connectivity index (χ0v) is 6.78. The SMILES string of the molecule is O=Cc1ccn2nc(C(=O)O)nc2n1. The van der Waals surface area contributed by atoms with Crippen molar-refractivity contribution in [1.82, 2.24) is 19.6 Å². The average molecular weight is 192 g/mol. The summed E-state index contributed by atoms with van der Waals surface area (Å²) in [6.45, 7) is 0. The first kappa shape index (κ1) is 8.30. The first-order chi connectivity index (χ1) is 6.70. The Morgan fingerprint density at radius 1 is 1.50 bits per heavy atom. The van der Waals surface area contributed by atoms with E-state index >= 15 is 0 Å². The lowest BCUT2D eigenvalue weighted by Gasteiger charge is -1.89. The molecule has 1 N–H and O–H groups in total. The monoisotopic (exact) mass is 192 g/mol. The van der Waals surface area contributed by atoms with Crippen molar-refractivity contribution in [3.8, 4) is 0 Å². The van der Waals surface area contributed by atoms with Gasteiger partial charge >= 0.3 is 5.97 Å². The molecule has 7 nitrogen and oxygen atoms in total. The smallest absolute Gasteiger partial charge is 0.375 e. The normalized spacial score (nSPS) is 10.3. The zero-order chi connectivity index (χ0) is 10.1. The Kier molecular flexibility index (Phi) is 1.70. The van der Waals surface area contributed by atoms with Crippen LogP contribution in [0.2, 0.25) is 0 Å². The molecule has 0 aliphatic rings. The Bertz CT molecular complexity index is 519. The van der Waals surface area contributed by atoms with Gasteiger partial charge in [0.15, 0.2) is 6.29 Å². The summed E-state index contributed by atoms with van der Waals surface area (Å²) in [7, 11) is 0. The van der Waals surface area contributed by atoms with Crippen molar-refractivity contribution in [2.75, 3.05) is 0 Å². The highest BCUT2D eigenvalue weighted by Crippen LogP contribution is 1.99. The maximum Gasteiger partial charge on any atom is 0.375 e. The number of hydrogen-bond acceptors (Lipinski definition) is 5. The third-order valence-electron chi connectivity index (χ3n) is 1.54. The van der Waals surface area contributed by atoms with Gasteiger partial charge in [-0.3, -0.25) is 4.79 Å². The summed E-state index contributed by atoms with van der Waals surface area (Å²) in [5.74, 6) is -1.49. The number of hydrogen-bond donors (Lipinski definition) is 1. The van der Waals surface area contributed by atoms with E-state index < -0.39 is 5.97 Å². The molecule has 0 saturated carbocycles. The average Bonchev–Trinajstić information content (AvgIpc) is 2.59. The van der Waals surface area contributed by atoms with E-state index in [1.807, 2.05) is 0 Å². The molecule has 0 atom stereocenters. The first-order valence-electron chi connectivity index (χ1n) is 3.62. The maximum atomic E-state index is 10.5. The topological polar surface area (TPSA) is 97.5 Å². The lowest BCUT2D eigenvalue weighted by molar-refractivity contribution is 0.0683. The van der Waals surface area contributed by atoms with Gasteiger partial charge in [0.25, 0.3) is 11.6 Å². The molecule has 0 spiro atoms. The summed E-state index contributed by atoms with van der Waals surface area (Å²) in [5, 5.41) is 12.2. The van der Waals surface area contributed by atoms with Gasteiger partial charge in [-0.25, -0.2) is 14.3 Å². The second kappa shape index (κ2) is 2.87. The van der Waals surface area contributed by atoms with Gasteiger partial charge in [-0.2, -0.15) is 4.98 Å². The van der Waals surface area contributed by atoms with Gasteiger partial charge in [0.2, 0.25) is 0 Å². The highest BCUT2D eigenvalue weighted by atomic mass is 16.4. The van der Waals surface area contributed by atoms with Crippen LogP contribution < -0.4 is 0 Å². The molecule has 70 valence electrons. The summed E-state index contributed by atoms with van der Waals surface area (Å²) in [6, 6.07) is 1.42. The molecule has 2 aromatic heterocycles. The van der Waals surface area contributed by atoms with Crippen LogP contribution in [0.25, 0.3) is 5.78 Å². The van der Waals surface area contributed by atoms with Crippen molar-refractivity contribution in [2.45, 2.75) is 0 Å². The molecule has 0 bridgehead atoms. The number of carbonyl (C=O) groups is 2. The number of rotatable bonds is 2. The minimum Gasteiger partial charge on any atom is -0.475 e. The van der Waals surface area contributed by atoms with Gasteiger partial charge in [0, 0.05) is 6.20 Å². The number of aromatic nitrogens is 4. The number of nitrogens with zero attached hydrogens (tertiary/aromatic N) is 4. The fourth-order valence-electron chi connectivity index (χ4n) is 0.947. The number of carboxylic acids is 1. The van der Waals surface area contributed by atoms with Gasteiger partial charge in [0.1, 0.15) is 5.69 Å². The van der Waals surface area contributed by atoms with Crippen LogP contribution in [-0.4, -0.2) is 36.9 Å². The number of fused-ring (bicyclic) bond motifs is 1. The fourth-order valence-corrected chi connectivity index (χ4v) is 0.947. The summed E-state index contributed by atoms with van der Waals surface area (Å²) >= 11 is 0. The van der Waals surface area contributed by atoms with Crippen molar-refractivity contribution in [2.24, 2.45) is 0 Å². The molecule has 2 rings (SSSR count). The lowest BCUT2D eigenvalue weighted by Crippen LogP contribution is -1.99. The Balaban J connectivity index is 2.65. The Morgan fingerprint density at radius 3 is 2.93 bits per heavy atom. The van der Waals surface area contributed by atoms with E-state index in [1.165, 1.54) is 16.8 Å². The highest BCUT2D eigenvalue weighted by molar-refractivity contribution is 5.83. The third-order valence-corrected chi connectivity index (χ3v) is 1.54. The predicted molar refractivity (Wildman–Crippen MR) is 43.1 cm³/mol. The van der Waals surface area contributed by atoms with E-state index in [9.17, 15) is 9.59 Å². The molecule has 0 saturated heterocycles. The minimum absolute atomic E-state index is 0.0898. The van der Waals surface area contributed by atoms with Crippen LogP contribution >= 0.6 is 0 Å². The Hall–Kier alpha value is -2.31. The van der Waals surface area contributed by atoms with E-state index in [0.29, 0.717) is 6.29 Å². The van der Waals surface area contributed by atoms with E-state index in [-0.39, 0.29) is 17.3 Å². The van der Waals surface area contributed by atoms with Gasteiger partial charge in [-0.15, -0.1) is 5.10 Å². The molecular weight excluding hydrogens is 188 g/mol. The van der Waals surface area contributed by atoms with Gasteiger partial charge < -0.3 is 5.11 Å². The predicted octanol–water partition coefficient (Wildman–Crippen LogP) is -0.365. The minimum atomic E-state index is -1.23. The van der Waals surface area contributed by atoms with E-state index in [0.717, 1.165) is 0 Å². The Labute approximate surface area is 77.0 Å². The number of carboxylic acid groups (broad SMARTS) is 1. The summed E-state index contributed by atoms with van der Waals surface area (Å²) in [5.41, 5.74) is 0.182. The molecule has 14 heavy (non-hydrogen) atoms. The Morgan fingerprint density at radius 2 is 2.29 bits per heavy atom. The van der Waals surface area contributed by atoms with Crippen LogP contribution in [0.4, 0.5) is 0 Å². The number of carbonyl (C=O) groups excluding carboxylic acids is 1. The summed E-state index contributed by atoms with van der Waals surface area (Å²) < 4.78 is 1.19. The molecule has 0 aliphatic carbocycles. The molecule has 0 aliphatic heterocycles. The molecule has 7 heteroatoms. The maximum absolute atomic E-state index is 10.5. The second-order valence-electron chi connectivity index (χ2n) is 2.46. The largest absolute Gasteiger partial charge is 0.475 e. The fraction of sp³-hybridized carbons (Fsp3) is 0. The van der Waals surface area contributed by atoms with Crippen LogP contribution in [0.3, 0.4) is 0 Å². The molecule has 2 aromatic rings. The van der Waals surface area contributed by atoms with Gasteiger partial charge in [-0.05, 0) is 6.07 Å². The number of aldehydes is 1. The van der Waals surface area contributed by atoms with Crippen molar-refractivity contribution in [3.05, 3.63) is 23.8 Å². The van der Waals surface area contributed by atoms with Crippen LogP contribution in [0, 0.1) is 0 Å². The second-order valence-corrected chi connectivity index (χ2v) is 2.46. The number of aromatic carboxylic acids is 1. The molecule has 0 unspecified atom stereocenters. The molecule has 0 fully saturated rings. The van der Waals surface area contributed by atoms with E-state index in [2.05, 4.69) is 15.1 Å². The standard InChI is InChI=1S/C7H4N4O3/c12-3-4-1-2-11-7(8-4)9-5(10-11)6(13)14/h1-3H,(H,13,14). The molecule has 0 amide bonds. The molecule has 2 heterocycles. The zero-order valence-electron chi connectivity index (χ0n) is 6.78. The highest BCUT2D eigenvalue weighted by Gasteiger charge is 2.11. The molecule has 0 aromatic carbocycles. The molecular formula is C7H4N4O3. The van der Waals surface area contributed by atoms with Gasteiger partial charge in [0.05, 0.1) is 0 Å². The van der Waals surface area contributed by atoms with E-state index in [4.69, 9.17) is 5.11 Å². The van der Waals surface area contributed by atoms with Crippen molar-refractivity contribution < 1.29 is 14.7 Å². The van der Waals surface area contributed by atoms with Crippen molar-refractivity contribution >= 4 is 18.0 Å². The first-order valence-corrected chi connectivity index (χ1v) is 3.62. The van der Waals surface area contributed by atoms with Crippen molar-refractivity contribution in [1.29, 1.82) is 0 Å². The van der Waals surface area contributed by atoms with Gasteiger partial charge in [-0.1, -0.05) is 0 Å². The quantitative estimate of drug-likeness (QED) is 0.652.